The molecular weight excluding hydrogens is 248 g/mol. The van der Waals surface area contributed by atoms with Crippen LogP contribution in [0, 0.1) is 13.8 Å². The molecular formula is C18H24O2. The minimum atomic E-state index is 0.419. The fraction of sp³-hybridized carbons (Fsp3) is 0.333. The van der Waals surface area contributed by atoms with Gasteiger partial charge in [0.15, 0.2) is 0 Å². The summed E-state index contributed by atoms with van der Waals surface area (Å²) in [4.78, 5) is 0. The Labute approximate surface area is 121 Å². The summed E-state index contributed by atoms with van der Waals surface area (Å²) in [5, 5.41) is 18.6. The van der Waals surface area contributed by atoms with Crippen LogP contribution >= 0.6 is 0 Å². The van der Waals surface area contributed by atoms with Crippen LogP contribution in [0.15, 0.2) is 36.4 Å². The number of rotatable bonds is 2. The molecule has 0 aromatic heterocycles. The molecule has 0 aliphatic rings. The van der Waals surface area contributed by atoms with Crippen LogP contribution in [0.25, 0.3) is 0 Å². The Hall–Kier alpha value is -1.96. The molecule has 0 aliphatic carbocycles. The number of hydrogen-bond acceptors (Lipinski definition) is 2. The standard InChI is InChI=1S/2C9H12O/c2*1-3-8-7(2)5-4-6-9(8)10/h2*4-6,10H,3H2,1-2H3. The van der Waals surface area contributed by atoms with Gasteiger partial charge in [0, 0.05) is 0 Å². The van der Waals surface area contributed by atoms with Crippen LogP contribution in [0.1, 0.15) is 36.1 Å². The van der Waals surface area contributed by atoms with E-state index in [-0.39, 0.29) is 0 Å². The highest BCUT2D eigenvalue weighted by Gasteiger charge is 1.99. The first kappa shape index (κ1) is 16.1. The third kappa shape index (κ3) is 4.02. The van der Waals surface area contributed by atoms with Gasteiger partial charge < -0.3 is 10.2 Å². The molecule has 2 aromatic rings. The van der Waals surface area contributed by atoms with Crippen molar-refractivity contribution in [3.63, 3.8) is 0 Å². The normalized spacial score (nSPS) is 9.80. The van der Waals surface area contributed by atoms with E-state index < -0.39 is 0 Å². The van der Waals surface area contributed by atoms with E-state index in [4.69, 9.17) is 0 Å². The molecule has 2 rings (SSSR count). The summed E-state index contributed by atoms with van der Waals surface area (Å²) in [7, 11) is 0. The third-order valence-corrected chi connectivity index (χ3v) is 3.48. The second kappa shape index (κ2) is 7.59. The van der Waals surface area contributed by atoms with Crippen molar-refractivity contribution in [1.82, 2.24) is 0 Å². The first-order valence-corrected chi connectivity index (χ1v) is 7.06. The maximum absolute atomic E-state index is 9.29. The van der Waals surface area contributed by atoms with E-state index in [1.165, 1.54) is 11.1 Å². The lowest BCUT2D eigenvalue weighted by atomic mass is 10.1. The van der Waals surface area contributed by atoms with Gasteiger partial charge in [0.2, 0.25) is 0 Å². The molecule has 0 spiro atoms. The molecule has 0 saturated heterocycles. The van der Waals surface area contributed by atoms with E-state index in [1.54, 1.807) is 12.1 Å². The monoisotopic (exact) mass is 272 g/mol. The summed E-state index contributed by atoms with van der Waals surface area (Å²) >= 11 is 0. The first-order valence-electron chi connectivity index (χ1n) is 7.06. The van der Waals surface area contributed by atoms with Crippen molar-refractivity contribution < 1.29 is 10.2 Å². The number of phenolic OH excluding ortho intramolecular Hbond substituents is 2. The fourth-order valence-corrected chi connectivity index (χ4v) is 2.29. The van der Waals surface area contributed by atoms with Gasteiger partial charge >= 0.3 is 0 Å². The van der Waals surface area contributed by atoms with Crippen molar-refractivity contribution in [2.45, 2.75) is 40.5 Å². The predicted molar refractivity (Wildman–Crippen MR) is 84.4 cm³/mol. The van der Waals surface area contributed by atoms with Gasteiger partial charge in [-0.25, -0.2) is 0 Å². The smallest absolute Gasteiger partial charge is 0.119 e. The predicted octanol–water partition coefficient (Wildman–Crippen LogP) is 4.53. The van der Waals surface area contributed by atoms with Gasteiger partial charge in [-0.3, -0.25) is 0 Å². The quantitative estimate of drug-likeness (QED) is 0.843. The van der Waals surface area contributed by atoms with Crippen molar-refractivity contribution in [3.8, 4) is 11.5 Å². The zero-order valence-corrected chi connectivity index (χ0v) is 12.8. The number of phenols is 2. The average Bonchev–Trinajstić information content (AvgIpc) is 2.40. The van der Waals surface area contributed by atoms with Crippen molar-refractivity contribution in [2.75, 3.05) is 0 Å². The lowest BCUT2D eigenvalue weighted by Crippen LogP contribution is -1.85. The minimum Gasteiger partial charge on any atom is -0.508 e. The molecule has 0 radical (unpaired) electrons. The first-order chi connectivity index (χ1) is 9.51. The second-order valence-electron chi connectivity index (χ2n) is 4.85. The van der Waals surface area contributed by atoms with Gasteiger partial charge in [0.25, 0.3) is 0 Å². The van der Waals surface area contributed by atoms with Gasteiger partial charge in [-0.15, -0.1) is 0 Å². The molecule has 0 fully saturated rings. The maximum Gasteiger partial charge on any atom is 0.119 e. The molecule has 20 heavy (non-hydrogen) atoms. The average molecular weight is 272 g/mol. The van der Waals surface area contributed by atoms with E-state index in [2.05, 4.69) is 0 Å². The molecule has 2 N–H and O–H groups in total. The van der Waals surface area contributed by atoms with E-state index in [0.717, 1.165) is 24.0 Å². The summed E-state index contributed by atoms with van der Waals surface area (Å²) in [6.45, 7) is 8.11. The molecule has 0 bridgehead atoms. The van der Waals surface area contributed by atoms with Gasteiger partial charge in [-0.05, 0) is 61.1 Å². The Bertz CT molecular complexity index is 467. The Morgan fingerprint density at radius 1 is 0.700 bits per heavy atom. The zero-order valence-electron chi connectivity index (χ0n) is 12.8. The summed E-state index contributed by atoms with van der Waals surface area (Å²) < 4.78 is 0. The van der Waals surface area contributed by atoms with E-state index in [9.17, 15) is 10.2 Å². The number of aryl methyl sites for hydroxylation is 2. The van der Waals surface area contributed by atoms with Crippen LogP contribution in [0.5, 0.6) is 11.5 Å². The number of benzene rings is 2. The van der Waals surface area contributed by atoms with E-state index in [1.807, 2.05) is 52.0 Å². The van der Waals surface area contributed by atoms with Crippen LogP contribution in [-0.2, 0) is 12.8 Å². The molecule has 0 heterocycles. The van der Waals surface area contributed by atoms with E-state index in [0.29, 0.717) is 11.5 Å². The Kier molecular flexibility index (Phi) is 6.10. The highest BCUT2D eigenvalue weighted by atomic mass is 16.3. The van der Waals surface area contributed by atoms with Gasteiger partial charge in [-0.2, -0.15) is 0 Å². The van der Waals surface area contributed by atoms with Crippen LogP contribution in [0.2, 0.25) is 0 Å². The highest BCUT2D eigenvalue weighted by molar-refractivity contribution is 5.38. The van der Waals surface area contributed by atoms with Crippen LogP contribution in [0.3, 0.4) is 0 Å². The topological polar surface area (TPSA) is 40.5 Å². The molecule has 0 unspecified atom stereocenters. The highest BCUT2D eigenvalue weighted by Crippen LogP contribution is 2.20. The SMILES string of the molecule is CCc1c(C)cccc1O.CCc1c(C)cccc1O. The van der Waals surface area contributed by atoms with Gasteiger partial charge in [0.1, 0.15) is 11.5 Å². The number of aromatic hydroxyl groups is 2. The number of hydrogen-bond donors (Lipinski definition) is 2. The zero-order chi connectivity index (χ0) is 15.1. The van der Waals surface area contributed by atoms with Crippen LogP contribution < -0.4 is 0 Å². The molecule has 0 saturated carbocycles. The molecule has 108 valence electrons. The molecule has 2 nitrogen and oxygen atoms in total. The minimum absolute atomic E-state index is 0.419. The largest absolute Gasteiger partial charge is 0.508 e. The Morgan fingerprint density at radius 3 is 1.25 bits per heavy atom. The van der Waals surface area contributed by atoms with Crippen LogP contribution in [-0.4, -0.2) is 10.2 Å². The van der Waals surface area contributed by atoms with Crippen molar-refractivity contribution in [1.29, 1.82) is 0 Å². The van der Waals surface area contributed by atoms with E-state index >= 15 is 0 Å². The van der Waals surface area contributed by atoms with Crippen molar-refractivity contribution in [3.05, 3.63) is 58.7 Å². The van der Waals surface area contributed by atoms with Crippen molar-refractivity contribution in [2.24, 2.45) is 0 Å². The lowest BCUT2D eigenvalue weighted by molar-refractivity contribution is 0.467. The summed E-state index contributed by atoms with van der Waals surface area (Å²) in [6.07, 6.45) is 1.80. The van der Waals surface area contributed by atoms with Gasteiger partial charge in [0.05, 0.1) is 0 Å². The molecule has 2 aromatic carbocycles. The molecule has 0 aliphatic heterocycles. The Balaban J connectivity index is 0.000000200. The lowest BCUT2D eigenvalue weighted by Gasteiger charge is -2.03. The van der Waals surface area contributed by atoms with Crippen LogP contribution in [0.4, 0.5) is 0 Å². The summed E-state index contributed by atoms with van der Waals surface area (Å²) in [6, 6.07) is 11.2. The summed E-state index contributed by atoms with van der Waals surface area (Å²) in [5.41, 5.74) is 4.45. The van der Waals surface area contributed by atoms with Crippen molar-refractivity contribution >= 4 is 0 Å². The Morgan fingerprint density at radius 2 is 1.05 bits per heavy atom. The second-order valence-corrected chi connectivity index (χ2v) is 4.85. The molecule has 0 atom stereocenters. The molecule has 2 heteroatoms. The third-order valence-electron chi connectivity index (χ3n) is 3.48. The fourth-order valence-electron chi connectivity index (χ4n) is 2.29. The molecule has 0 amide bonds. The van der Waals surface area contributed by atoms with Gasteiger partial charge in [-0.1, -0.05) is 38.1 Å². The summed E-state index contributed by atoms with van der Waals surface area (Å²) in [5.74, 6) is 0.838. The maximum atomic E-state index is 9.29.